The first kappa shape index (κ1) is 14.5. The summed E-state index contributed by atoms with van der Waals surface area (Å²) >= 11 is 9.35. The maximum atomic E-state index is 11.9. The maximum absolute atomic E-state index is 11.9. The Kier molecular flexibility index (Phi) is 5.43. The van der Waals surface area contributed by atoms with Crippen molar-refractivity contribution >= 4 is 33.4 Å². The molecule has 0 saturated heterocycles. The number of amides is 1. The molecule has 0 aliphatic rings. The van der Waals surface area contributed by atoms with Crippen LogP contribution in [0.15, 0.2) is 22.7 Å². The second-order valence-corrected chi connectivity index (χ2v) is 5.36. The van der Waals surface area contributed by atoms with E-state index < -0.39 is 0 Å². The van der Waals surface area contributed by atoms with Crippen LogP contribution in [0, 0.1) is 0 Å². The number of carbonyl (C=O) groups is 1. The third kappa shape index (κ3) is 3.98. The third-order valence-corrected chi connectivity index (χ3v) is 3.93. The third-order valence-electron chi connectivity index (χ3n) is 2.64. The van der Waals surface area contributed by atoms with Crippen LogP contribution in [-0.2, 0) is 0 Å². The molecule has 0 aromatic heterocycles. The minimum absolute atomic E-state index is 0.148. The molecule has 0 bridgehead atoms. The highest BCUT2D eigenvalue weighted by atomic mass is 79.9. The normalized spacial score (nSPS) is 12.6. The van der Waals surface area contributed by atoms with Gasteiger partial charge in [-0.2, -0.15) is 0 Å². The predicted octanol–water partition coefficient (Wildman–Crippen LogP) is 2.78. The fraction of sp³-hybridized carbons (Fsp3) is 0.417. The van der Waals surface area contributed by atoms with Crippen LogP contribution in [0.25, 0.3) is 0 Å². The van der Waals surface area contributed by atoms with Gasteiger partial charge in [0.15, 0.2) is 0 Å². The first-order chi connectivity index (χ1) is 7.93. The van der Waals surface area contributed by atoms with Crippen molar-refractivity contribution in [1.82, 2.24) is 10.2 Å². The van der Waals surface area contributed by atoms with E-state index in [4.69, 9.17) is 11.6 Å². The van der Waals surface area contributed by atoms with Gasteiger partial charge in [-0.3, -0.25) is 4.79 Å². The van der Waals surface area contributed by atoms with Gasteiger partial charge >= 0.3 is 0 Å². The molecule has 0 fully saturated rings. The molecule has 0 radical (unpaired) electrons. The molecule has 1 amide bonds. The van der Waals surface area contributed by atoms with Gasteiger partial charge in [0.25, 0.3) is 5.91 Å². The van der Waals surface area contributed by atoms with Crippen molar-refractivity contribution in [3.63, 3.8) is 0 Å². The summed E-state index contributed by atoms with van der Waals surface area (Å²) in [6, 6.07) is 5.59. The summed E-state index contributed by atoms with van der Waals surface area (Å²) in [4.78, 5) is 14.0. The Morgan fingerprint density at radius 3 is 2.76 bits per heavy atom. The van der Waals surface area contributed by atoms with Crippen molar-refractivity contribution in [3.05, 3.63) is 33.3 Å². The molecule has 5 heteroatoms. The lowest BCUT2D eigenvalue weighted by Gasteiger charge is -2.20. The van der Waals surface area contributed by atoms with Crippen LogP contribution in [0.4, 0.5) is 0 Å². The fourth-order valence-electron chi connectivity index (χ4n) is 1.20. The number of rotatable bonds is 4. The molecule has 0 spiro atoms. The smallest absolute Gasteiger partial charge is 0.252 e. The highest BCUT2D eigenvalue weighted by Gasteiger charge is 2.13. The van der Waals surface area contributed by atoms with E-state index in [1.807, 2.05) is 32.0 Å². The standard InChI is InChI=1S/C12H16BrClN2O/c1-8(16(2)3)7-15-12(17)9-5-4-6-10(13)11(9)14/h4-6,8H,7H2,1-3H3,(H,15,17). The molecule has 0 heterocycles. The molecule has 0 aliphatic heterocycles. The quantitative estimate of drug-likeness (QED) is 0.925. The van der Waals surface area contributed by atoms with Crippen LogP contribution in [0.3, 0.4) is 0 Å². The van der Waals surface area contributed by atoms with Gasteiger partial charge in [-0.05, 0) is 49.1 Å². The number of carbonyl (C=O) groups excluding carboxylic acids is 1. The maximum Gasteiger partial charge on any atom is 0.252 e. The Bertz CT molecular complexity index is 409. The highest BCUT2D eigenvalue weighted by molar-refractivity contribution is 9.10. The van der Waals surface area contributed by atoms with E-state index in [2.05, 4.69) is 21.2 Å². The number of nitrogens with one attached hydrogen (secondary N) is 1. The highest BCUT2D eigenvalue weighted by Crippen LogP contribution is 2.25. The van der Waals surface area contributed by atoms with Crippen molar-refractivity contribution in [2.24, 2.45) is 0 Å². The Balaban J connectivity index is 2.68. The zero-order valence-electron chi connectivity index (χ0n) is 10.1. The van der Waals surface area contributed by atoms with E-state index in [0.29, 0.717) is 17.1 Å². The Hall–Kier alpha value is -0.580. The first-order valence-corrected chi connectivity index (χ1v) is 6.49. The monoisotopic (exact) mass is 318 g/mol. The molecule has 94 valence electrons. The molecule has 3 nitrogen and oxygen atoms in total. The van der Waals surface area contributed by atoms with Crippen LogP contribution in [0.2, 0.25) is 5.02 Å². The first-order valence-electron chi connectivity index (χ1n) is 5.32. The van der Waals surface area contributed by atoms with Crippen LogP contribution >= 0.6 is 27.5 Å². The molecule has 1 atom stereocenters. The van der Waals surface area contributed by atoms with Crippen LogP contribution in [-0.4, -0.2) is 37.5 Å². The minimum Gasteiger partial charge on any atom is -0.350 e. The van der Waals surface area contributed by atoms with Crippen molar-refractivity contribution in [2.45, 2.75) is 13.0 Å². The molecule has 1 N–H and O–H groups in total. The number of hydrogen-bond acceptors (Lipinski definition) is 2. The fourth-order valence-corrected chi connectivity index (χ4v) is 1.78. The number of nitrogens with zero attached hydrogens (tertiary/aromatic N) is 1. The number of hydrogen-bond donors (Lipinski definition) is 1. The second-order valence-electron chi connectivity index (χ2n) is 4.12. The number of halogens is 2. The van der Waals surface area contributed by atoms with Gasteiger partial charge in [0, 0.05) is 17.1 Å². The van der Waals surface area contributed by atoms with Gasteiger partial charge in [0.1, 0.15) is 0 Å². The molecule has 0 saturated carbocycles. The SMILES string of the molecule is CC(CNC(=O)c1cccc(Br)c1Cl)N(C)C. The lowest BCUT2D eigenvalue weighted by molar-refractivity contribution is 0.0944. The second kappa shape index (κ2) is 6.38. The zero-order valence-corrected chi connectivity index (χ0v) is 12.5. The summed E-state index contributed by atoms with van der Waals surface area (Å²) in [6.07, 6.45) is 0. The number of likely N-dealkylation sites (N-methyl/N-ethyl adjacent to an activating group) is 1. The van der Waals surface area contributed by atoms with E-state index in [1.54, 1.807) is 12.1 Å². The van der Waals surface area contributed by atoms with Gasteiger partial charge in [-0.15, -0.1) is 0 Å². The van der Waals surface area contributed by atoms with Crippen molar-refractivity contribution in [1.29, 1.82) is 0 Å². The summed E-state index contributed by atoms with van der Waals surface area (Å²) in [5.74, 6) is -0.148. The van der Waals surface area contributed by atoms with E-state index in [-0.39, 0.29) is 11.9 Å². The van der Waals surface area contributed by atoms with Crippen molar-refractivity contribution < 1.29 is 4.79 Å². The molecule has 0 aliphatic carbocycles. The summed E-state index contributed by atoms with van der Waals surface area (Å²) in [5, 5.41) is 3.31. The molecular formula is C12H16BrClN2O. The number of benzene rings is 1. The molecule has 1 unspecified atom stereocenters. The lowest BCUT2D eigenvalue weighted by Crippen LogP contribution is -2.38. The van der Waals surface area contributed by atoms with Gasteiger partial charge in [0.2, 0.25) is 0 Å². The summed E-state index contributed by atoms with van der Waals surface area (Å²) < 4.78 is 0.729. The topological polar surface area (TPSA) is 32.3 Å². The van der Waals surface area contributed by atoms with E-state index in [9.17, 15) is 4.79 Å². The molecule has 1 aromatic carbocycles. The minimum atomic E-state index is -0.148. The molecular weight excluding hydrogens is 304 g/mol. The Morgan fingerprint density at radius 1 is 1.53 bits per heavy atom. The predicted molar refractivity (Wildman–Crippen MR) is 74.6 cm³/mol. The van der Waals surface area contributed by atoms with Gasteiger partial charge < -0.3 is 10.2 Å². The average molecular weight is 320 g/mol. The van der Waals surface area contributed by atoms with Crippen molar-refractivity contribution in [3.8, 4) is 0 Å². The van der Waals surface area contributed by atoms with Crippen LogP contribution in [0.1, 0.15) is 17.3 Å². The largest absolute Gasteiger partial charge is 0.350 e. The van der Waals surface area contributed by atoms with E-state index in [0.717, 1.165) is 4.47 Å². The summed E-state index contributed by atoms with van der Waals surface area (Å²) in [5.41, 5.74) is 0.493. The van der Waals surface area contributed by atoms with Gasteiger partial charge in [0.05, 0.1) is 10.6 Å². The summed E-state index contributed by atoms with van der Waals surface area (Å²) in [7, 11) is 3.95. The molecule has 1 rings (SSSR count). The lowest BCUT2D eigenvalue weighted by atomic mass is 10.2. The van der Waals surface area contributed by atoms with E-state index >= 15 is 0 Å². The van der Waals surface area contributed by atoms with Gasteiger partial charge in [-0.25, -0.2) is 0 Å². The van der Waals surface area contributed by atoms with Crippen LogP contribution < -0.4 is 5.32 Å². The van der Waals surface area contributed by atoms with Gasteiger partial charge in [-0.1, -0.05) is 17.7 Å². The Morgan fingerprint density at radius 2 is 2.18 bits per heavy atom. The average Bonchev–Trinajstić information content (AvgIpc) is 2.29. The Labute approximate surface area is 115 Å². The molecule has 1 aromatic rings. The summed E-state index contributed by atoms with van der Waals surface area (Å²) in [6.45, 7) is 2.64. The zero-order chi connectivity index (χ0) is 13.0. The van der Waals surface area contributed by atoms with E-state index in [1.165, 1.54) is 0 Å². The molecule has 17 heavy (non-hydrogen) atoms. The van der Waals surface area contributed by atoms with Crippen molar-refractivity contribution in [2.75, 3.05) is 20.6 Å². The van der Waals surface area contributed by atoms with Crippen LogP contribution in [0.5, 0.6) is 0 Å².